The van der Waals surface area contributed by atoms with Crippen molar-refractivity contribution in [3.8, 4) is 0 Å². The average molecular weight is 833 g/mol. The van der Waals surface area contributed by atoms with E-state index in [1.807, 2.05) is 48.6 Å². The Labute approximate surface area is 368 Å². The molecule has 0 fully saturated rings. The Hall–Kier alpha value is -3.67. The second-order valence-electron chi connectivity index (χ2n) is 15.7. The van der Waals surface area contributed by atoms with E-state index in [1.165, 1.54) is 70.6 Å². The number of rotatable bonds is 42. The molecule has 6 nitrogen and oxygen atoms in total. The minimum atomic E-state index is -0.815. The van der Waals surface area contributed by atoms with Gasteiger partial charge in [-0.3, -0.25) is 14.4 Å². The van der Waals surface area contributed by atoms with Crippen LogP contribution in [0.2, 0.25) is 0 Å². The van der Waals surface area contributed by atoms with Crippen LogP contribution in [0.25, 0.3) is 0 Å². The third-order valence-corrected chi connectivity index (χ3v) is 9.93. The molecule has 0 amide bonds. The molecule has 340 valence electrons. The maximum Gasteiger partial charge on any atom is 0.306 e. The van der Waals surface area contributed by atoms with E-state index in [2.05, 4.69) is 69.4 Å². The van der Waals surface area contributed by atoms with Gasteiger partial charge >= 0.3 is 17.9 Å². The molecule has 0 aliphatic heterocycles. The normalized spacial score (nSPS) is 12.9. The van der Waals surface area contributed by atoms with Crippen molar-refractivity contribution in [3.63, 3.8) is 0 Å². The Morgan fingerprint density at radius 1 is 0.367 bits per heavy atom. The lowest BCUT2D eigenvalue weighted by Gasteiger charge is -2.18. The summed E-state index contributed by atoms with van der Waals surface area (Å²) in [7, 11) is 0. The van der Waals surface area contributed by atoms with Crippen molar-refractivity contribution in [1.29, 1.82) is 0 Å². The predicted octanol–water partition coefficient (Wildman–Crippen LogP) is 15.8. The number of hydrogen-bond acceptors (Lipinski definition) is 6. The molecule has 0 aliphatic rings. The highest BCUT2D eigenvalue weighted by atomic mass is 16.6. The van der Waals surface area contributed by atoms with Crippen LogP contribution in [0, 0.1) is 0 Å². The van der Waals surface area contributed by atoms with E-state index in [0.717, 1.165) is 89.9 Å². The van der Waals surface area contributed by atoms with E-state index in [1.54, 1.807) is 0 Å². The van der Waals surface area contributed by atoms with Gasteiger partial charge in [0, 0.05) is 19.3 Å². The van der Waals surface area contributed by atoms with Crippen molar-refractivity contribution >= 4 is 17.9 Å². The molecule has 0 aromatic rings. The number of allylic oxidation sites excluding steroid dienone is 16. The maximum atomic E-state index is 12.7. The van der Waals surface area contributed by atoms with Crippen LogP contribution in [0.15, 0.2) is 97.2 Å². The Balaban J connectivity index is 4.44. The Morgan fingerprint density at radius 2 is 0.733 bits per heavy atom. The first-order valence-electron chi connectivity index (χ1n) is 24.3. The molecule has 0 N–H and O–H groups in total. The van der Waals surface area contributed by atoms with Gasteiger partial charge in [0.1, 0.15) is 13.2 Å². The van der Waals surface area contributed by atoms with Crippen molar-refractivity contribution in [2.45, 2.75) is 213 Å². The summed E-state index contributed by atoms with van der Waals surface area (Å²) >= 11 is 0. The first-order chi connectivity index (χ1) is 29.5. The van der Waals surface area contributed by atoms with Crippen molar-refractivity contribution in [2.75, 3.05) is 13.2 Å². The number of unbranched alkanes of at least 4 members (excludes halogenated alkanes) is 19. The van der Waals surface area contributed by atoms with Gasteiger partial charge in [0.15, 0.2) is 6.10 Å². The molecule has 1 unspecified atom stereocenters. The molecular formula is C54H88O6. The lowest BCUT2D eigenvalue weighted by atomic mass is 10.1. The lowest BCUT2D eigenvalue weighted by Crippen LogP contribution is -2.30. The van der Waals surface area contributed by atoms with Gasteiger partial charge in [0.2, 0.25) is 0 Å². The molecule has 1 atom stereocenters. The fraction of sp³-hybridized carbons (Fsp3) is 0.648. The summed E-state index contributed by atoms with van der Waals surface area (Å²) in [6.45, 7) is 6.28. The van der Waals surface area contributed by atoms with Gasteiger partial charge in [-0.2, -0.15) is 0 Å². The highest BCUT2D eigenvalue weighted by molar-refractivity contribution is 5.71. The molecule has 0 bridgehead atoms. The molecule has 0 aromatic heterocycles. The molecule has 6 heteroatoms. The zero-order valence-corrected chi connectivity index (χ0v) is 38.7. The fourth-order valence-corrected chi connectivity index (χ4v) is 6.32. The van der Waals surface area contributed by atoms with Crippen LogP contribution in [0.3, 0.4) is 0 Å². The van der Waals surface area contributed by atoms with E-state index < -0.39 is 6.10 Å². The summed E-state index contributed by atoms with van der Waals surface area (Å²) in [5.74, 6) is -1.01. The Bertz CT molecular complexity index is 1230. The SMILES string of the molecule is CC\C=C/C=C\C=C/C=C\C=C/CCCCCC(=O)OC(COC(=O)CCCC/C=C\C/C=C\CC)COC(=O)CCCCCCC/C=C\CCCCCCCCCCC. The molecule has 0 rings (SSSR count). The number of carbonyl (C=O) groups excluding carboxylic acids is 3. The van der Waals surface area contributed by atoms with Crippen LogP contribution >= 0.6 is 0 Å². The van der Waals surface area contributed by atoms with Crippen LogP contribution in [-0.4, -0.2) is 37.2 Å². The van der Waals surface area contributed by atoms with Gasteiger partial charge in [0.25, 0.3) is 0 Å². The largest absolute Gasteiger partial charge is 0.462 e. The van der Waals surface area contributed by atoms with Crippen LogP contribution in [0.1, 0.15) is 207 Å². The van der Waals surface area contributed by atoms with E-state index in [0.29, 0.717) is 19.3 Å². The van der Waals surface area contributed by atoms with Crippen LogP contribution < -0.4 is 0 Å². The monoisotopic (exact) mass is 833 g/mol. The molecule has 0 aromatic carbocycles. The zero-order chi connectivity index (χ0) is 43.7. The third kappa shape index (κ3) is 45.4. The summed E-state index contributed by atoms with van der Waals surface area (Å²) in [4.78, 5) is 37.8. The molecule has 0 saturated heterocycles. The topological polar surface area (TPSA) is 78.9 Å². The van der Waals surface area contributed by atoms with Crippen LogP contribution in [0.4, 0.5) is 0 Å². The average Bonchev–Trinajstić information content (AvgIpc) is 3.24. The highest BCUT2D eigenvalue weighted by Gasteiger charge is 2.19. The van der Waals surface area contributed by atoms with Crippen LogP contribution in [-0.2, 0) is 28.6 Å². The first-order valence-corrected chi connectivity index (χ1v) is 24.3. The van der Waals surface area contributed by atoms with Gasteiger partial charge in [0.05, 0.1) is 0 Å². The van der Waals surface area contributed by atoms with Gasteiger partial charge < -0.3 is 14.2 Å². The Morgan fingerprint density at radius 3 is 1.27 bits per heavy atom. The number of carbonyl (C=O) groups is 3. The van der Waals surface area contributed by atoms with Crippen molar-refractivity contribution in [1.82, 2.24) is 0 Å². The molecule has 0 saturated carbocycles. The minimum absolute atomic E-state index is 0.111. The zero-order valence-electron chi connectivity index (χ0n) is 38.7. The van der Waals surface area contributed by atoms with E-state index >= 15 is 0 Å². The second kappa shape index (κ2) is 48.0. The van der Waals surface area contributed by atoms with Crippen LogP contribution in [0.5, 0.6) is 0 Å². The molecule has 0 heterocycles. The predicted molar refractivity (Wildman–Crippen MR) is 256 cm³/mol. The van der Waals surface area contributed by atoms with E-state index in [9.17, 15) is 14.4 Å². The van der Waals surface area contributed by atoms with Gasteiger partial charge in [-0.25, -0.2) is 0 Å². The number of esters is 3. The maximum absolute atomic E-state index is 12.7. The lowest BCUT2D eigenvalue weighted by molar-refractivity contribution is -0.167. The van der Waals surface area contributed by atoms with Crippen molar-refractivity contribution in [3.05, 3.63) is 97.2 Å². The van der Waals surface area contributed by atoms with Gasteiger partial charge in [-0.05, 0) is 89.9 Å². The summed E-state index contributed by atoms with van der Waals surface area (Å²) in [5.41, 5.74) is 0. The molecule has 0 spiro atoms. The van der Waals surface area contributed by atoms with E-state index in [4.69, 9.17) is 14.2 Å². The molecular weight excluding hydrogens is 745 g/mol. The molecule has 0 aliphatic carbocycles. The number of ether oxygens (including phenoxy) is 3. The summed E-state index contributed by atoms with van der Waals surface area (Å²) < 4.78 is 16.6. The van der Waals surface area contributed by atoms with Gasteiger partial charge in [-0.1, -0.05) is 195 Å². The highest BCUT2D eigenvalue weighted by Crippen LogP contribution is 2.13. The van der Waals surface area contributed by atoms with Crippen molar-refractivity contribution in [2.24, 2.45) is 0 Å². The Kier molecular flexibility index (Phi) is 45.1. The van der Waals surface area contributed by atoms with Crippen molar-refractivity contribution < 1.29 is 28.6 Å². The summed E-state index contributed by atoms with van der Waals surface area (Å²) in [6.07, 6.45) is 62.6. The fourth-order valence-electron chi connectivity index (χ4n) is 6.32. The minimum Gasteiger partial charge on any atom is -0.462 e. The summed E-state index contributed by atoms with van der Waals surface area (Å²) in [6, 6.07) is 0. The number of hydrogen-bond donors (Lipinski definition) is 0. The second-order valence-corrected chi connectivity index (χ2v) is 15.7. The molecule has 0 radical (unpaired) electrons. The standard InChI is InChI=1S/C54H88O6/c1-4-7-10-13-16-19-21-23-25-26-27-29-30-32-35-38-41-44-47-53(56)59-50-51(49-58-52(55)46-43-40-37-34-18-15-12-9-6-3)60-54(57)48-45-42-39-36-33-31-28-24-22-20-17-14-11-8-5-2/h8-9,11-12,14,17-18,20,22,24,27-29,31,33-34,51H,4-7,10,13,15-16,19,21,23,25-26,30,32,35-50H2,1-3H3/b11-8-,12-9-,17-14-,22-20-,28-24-,29-27-,33-31-,34-18-. The van der Waals surface area contributed by atoms with Gasteiger partial charge in [-0.15, -0.1) is 0 Å². The molecule has 60 heavy (non-hydrogen) atoms. The van der Waals surface area contributed by atoms with E-state index in [-0.39, 0.29) is 37.5 Å². The smallest absolute Gasteiger partial charge is 0.306 e. The summed E-state index contributed by atoms with van der Waals surface area (Å²) in [5, 5.41) is 0. The quantitative estimate of drug-likeness (QED) is 0.0200. The third-order valence-electron chi connectivity index (χ3n) is 9.93. The first kappa shape index (κ1) is 56.3.